The van der Waals surface area contributed by atoms with Gasteiger partial charge < -0.3 is 20.3 Å². The number of halogens is 2. The Hall–Kier alpha value is -1.78. The molecule has 0 aliphatic carbocycles. The standard InChI is InChI=1S/C14H13Cl2NO3/c1-20-13-4-8(2-3-12(13)18)7-17-9-5-10(15)14(19)11(16)6-9/h2-6,17-19H,7H2,1H3. The molecule has 0 amide bonds. The van der Waals surface area contributed by atoms with Gasteiger partial charge in [-0.3, -0.25) is 0 Å². The van der Waals surface area contributed by atoms with Gasteiger partial charge in [0.1, 0.15) is 0 Å². The van der Waals surface area contributed by atoms with Gasteiger partial charge in [-0.1, -0.05) is 29.3 Å². The number of methoxy groups -OCH3 is 1. The number of phenols is 2. The second kappa shape index (κ2) is 6.11. The van der Waals surface area contributed by atoms with Crippen molar-refractivity contribution in [2.45, 2.75) is 6.54 Å². The molecule has 20 heavy (non-hydrogen) atoms. The first-order valence-electron chi connectivity index (χ1n) is 5.79. The predicted octanol–water partition coefficient (Wildman–Crippen LogP) is 4.03. The quantitative estimate of drug-likeness (QED) is 0.746. The maximum absolute atomic E-state index is 9.52. The molecule has 0 aromatic heterocycles. The Kier molecular flexibility index (Phi) is 4.47. The molecule has 0 aliphatic rings. The summed E-state index contributed by atoms with van der Waals surface area (Å²) < 4.78 is 5.04. The van der Waals surface area contributed by atoms with Crippen LogP contribution in [0.4, 0.5) is 5.69 Å². The first-order valence-corrected chi connectivity index (χ1v) is 6.54. The summed E-state index contributed by atoms with van der Waals surface area (Å²) >= 11 is 11.7. The fourth-order valence-electron chi connectivity index (χ4n) is 1.70. The maximum Gasteiger partial charge on any atom is 0.160 e. The van der Waals surface area contributed by atoms with Crippen LogP contribution in [-0.4, -0.2) is 17.3 Å². The van der Waals surface area contributed by atoms with Gasteiger partial charge in [-0.2, -0.15) is 0 Å². The van der Waals surface area contributed by atoms with Crippen molar-refractivity contribution in [1.29, 1.82) is 0 Å². The third-order valence-electron chi connectivity index (χ3n) is 2.76. The van der Waals surface area contributed by atoms with Crippen molar-refractivity contribution in [2.24, 2.45) is 0 Å². The fraction of sp³-hybridized carbons (Fsp3) is 0.143. The van der Waals surface area contributed by atoms with E-state index in [9.17, 15) is 10.2 Å². The third kappa shape index (κ3) is 3.21. The highest BCUT2D eigenvalue weighted by atomic mass is 35.5. The van der Waals surface area contributed by atoms with Crippen LogP contribution in [0, 0.1) is 0 Å². The van der Waals surface area contributed by atoms with Crippen LogP contribution in [-0.2, 0) is 6.54 Å². The number of anilines is 1. The summed E-state index contributed by atoms with van der Waals surface area (Å²) in [6, 6.07) is 8.23. The molecule has 0 heterocycles. The number of hydrogen-bond donors (Lipinski definition) is 3. The first kappa shape index (κ1) is 14.6. The lowest BCUT2D eigenvalue weighted by atomic mass is 10.2. The van der Waals surface area contributed by atoms with E-state index in [0.717, 1.165) is 5.56 Å². The summed E-state index contributed by atoms with van der Waals surface area (Å²) in [5.74, 6) is 0.364. The SMILES string of the molecule is COc1cc(CNc2cc(Cl)c(O)c(Cl)c2)ccc1O. The summed E-state index contributed by atoms with van der Waals surface area (Å²) in [4.78, 5) is 0. The molecule has 0 radical (unpaired) electrons. The van der Waals surface area contributed by atoms with E-state index in [-0.39, 0.29) is 21.5 Å². The highest BCUT2D eigenvalue weighted by Crippen LogP contribution is 2.35. The molecule has 3 N–H and O–H groups in total. The molecule has 0 bridgehead atoms. The minimum atomic E-state index is -0.134. The number of nitrogens with one attached hydrogen (secondary N) is 1. The molecule has 2 aromatic carbocycles. The smallest absolute Gasteiger partial charge is 0.160 e. The second-order valence-electron chi connectivity index (χ2n) is 4.15. The molecule has 2 aromatic rings. The van der Waals surface area contributed by atoms with E-state index >= 15 is 0 Å². The minimum absolute atomic E-state index is 0.0898. The first-order chi connectivity index (χ1) is 9.51. The van der Waals surface area contributed by atoms with Crippen LogP contribution < -0.4 is 10.1 Å². The van der Waals surface area contributed by atoms with Crippen molar-refractivity contribution in [1.82, 2.24) is 0 Å². The van der Waals surface area contributed by atoms with Crippen molar-refractivity contribution >= 4 is 28.9 Å². The van der Waals surface area contributed by atoms with Crippen LogP contribution in [0.15, 0.2) is 30.3 Å². The molecule has 0 atom stereocenters. The number of aromatic hydroxyl groups is 2. The van der Waals surface area contributed by atoms with Gasteiger partial charge in [0, 0.05) is 12.2 Å². The monoisotopic (exact) mass is 313 g/mol. The Morgan fingerprint density at radius 2 is 1.75 bits per heavy atom. The largest absolute Gasteiger partial charge is 0.505 e. The van der Waals surface area contributed by atoms with Gasteiger partial charge in [-0.25, -0.2) is 0 Å². The number of ether oxygens (including phenoxy) is 1. The highest BCUT2D eigenvalue weighted by molar-refractivity contribution is 6.37. The average Bonchev–Trinajstić information content (AvgIpc) is 2.43. The molecule has 0 fully saturated rings. The van der Waals surface area contributed by atoms with Gasteiger partial charge in [0.05, 0.1) is 17.2 Å². The van der Waals surface area contributed by atoms with Gasteiger partial charge in [0.25, 0.3) is 0 Å². The topological polar surface area (TPSA) is 61.7 Å². The molecule has 0 spiro atoms. The Balaban J connectivity index is 2.13. The molecule has 106 valence electrons. The lowest BCUT2D eigenvalue weighted by molar-refractivity contribution is 0.373. The normalized spacial score (nSPS) is 10.3. The van der Waals surface area contributed by atoms with Crippen molar-refractivity contribution in [3.05, 3.63) is 45.9 Å². The van der Waals surface area contributed by atoms with Crippen molar-refractivity contribution in [3.63, 3.8) is 0 Å². The van der Waals surface area contributed by atoms with E-state index in [1.165, 1.54) is 7.11 Å². The molecule has 0 aliphatic heterocycles. The predicted molar refractivity (Wildman–Crippen MR) is 80.1 cm³/mol. The Labute approximate surface area is 126 Å². The fourth-order valence-corrected chi connectivity index (χ4v) is 2.19. The molecule has 6 heteroatoms. The van der Waals surface area contributed by atoms with Gasteiger partial charge >= 0.3 is 0 Å². The number of rotatable bonds is 4. The number of benzene rings is 2. The van der Waals surface area contributed by atoms with Crippen LogP contribution in [0.5, 0.6) is 17.2 Å². The van der Waals surface area contributed by atoms with E-state index in [0.29, 0.717) is 18.0 Å². The van der Waals surface area contributed by atoms with Crippen LogP contribution in [0.1, 0.15) is 5.56 Å². The Morgan fingerprint density at radius 3 is 2.35 bits per heavy atom. The molecule has 0 saturated heterocycles. The molecule has 0 saturated carbocycles. The van der Waals surface area contributed by atoms with Crippen LogP contribution in [0.2, 0.25) is 10.0 Å². The van der Waals surface area contributed by atoms with E-state index in [1.807, 2.05) is 0 Å². The van der Waals surface area contributed by atoms with Crippen molar-refractivity contribution in [2.75, 3.05) is 12.4 Å². The maximum atomic E-state index is 9.52. The van der Waals surface area contributed by atoms with Crippen molar-refractivity contribution in [3.8, 4) is 17.2 Å². The Bertz CT molecular complexity index is 609. The molecule has 0 unspecified atom stereocenters. The number of hydrogen-bond acceptors (Lipinski definition) is 4. The summed E-state index contributed by atoms with van der Waals surface area (Å²) in [7, 11) is 1.49. The van der Waals surface area contributed by atoms with E-state index in [4.69, 9.17) is 27.9 Å². The third-order valence-corrected chi connectivity index (χ3v) is 3.33. The minimum Gasteiger partial charge on any atom is -0.505 e. The van der Waals surface area contributed by atoms with E-state index in [1.54, 1.807) is 30.3 Å². The van der Waals surface area contributed by atoms with Crippen LogP contribution >= 0.6 is 23.2 Å². The van der Waals surface area contributed by atoms with Gasteiger partial charge in [0.15, 0.2) is 17.2 Å². The molecular formula is C14H13Cl2NO3. The molecular weight excluding hydrogens is 301 g/mol. The zero-order valence-electron chi connectivity index (χ0n) is 10.7. The van der Waals surface area contributed by atoms with Gasteiger partial charge in [-0.05, 0) is 29.8 Å². The summed E-state index contributed by atoms with van der Waals surface area (Å²) in [6.07, 6.45) is 0. The zero-order chi connectivity index (χ0) is 14.7. The summed E-state index contributed by atoms with van der Waals surface area (Å²) in [6.45, 7) is 0.494. The average molecular weight is 314 g/mol. The van der Waals surface area contributed by atoms with Crippen LogP contribution in [0.25, 0.3) is 0 Å². The lowest BCUT2D eigenvalue weighted by Crippen LogP contribution is -2.00. The summed E-state index contributed by atoms with van der Waals surface area (Å²) in [5, 5.41) is 22.5. The van der Waals surface area contributed by atoms with Gasteiger partial charge in [-0.15, -0.1) is 0 Å². The second-order valence-corrected chi connectivity index (χ2v) is 4.96. The molecule has 2 rings (SSSR count). The lowest BCUT2D eigenvalue weighted by Gasteiger charge is -2.10. The van der Waals surface area contributed by atoms with Crippen molar-refractivity contribution < 1.29 is 14.9 Å². The zero-order valence-corrected chi connectivity index (χ0v) is 12.2. The Morgan fingerprint density at radius 1 is 1.10 bits per heavy atom. The van der Waals surface area contributed by atoms with E-state index in [2.05, 4.69) is 5.32 Å². The summed E-state index contributed by atoms with van der Waals surface area (Å²) in [5.41, 5.74) is 1.60. The number of phenolic OH excluding ortho intramolecular Hbond substituents is 2. The van der Waals surface area contributed by atoms with Crippen LogP contribution in [0.3, 0.4) is 0 Å². The van der Waals surface area contributed by atoms with E-state index < -0.39 is 0 Å². The highest BCUT2D eigenvalue weighted by Gasteiger charge is 2.07. The van der Waals surface area contributed by atoms with Gasteiger partial charge in [0.2, 0.25) is 0 Å². The molecule has 4 nitrogen and oxygen atoms in total.